The van der Waals surface area contributed by atoms with Crippen molar-refractivity contribution in [1.29, 1.82) is 0 Å². The maximum Gasteiger partial charge on any atom is 0.0870 e. The summed E-state index contributed by atoms with van der Waals surface area (Å²) in [6.45, 7) is 13.9. The standard InChI is InChI=1S/C14H26N2OS/c1-6-7-17-11-8-13(2,3)16(10-12(15)18)14(4,5)9-11/h6,11H,1,7-10H2,2-5H3,(H2,15,18). The summed E-state index contributed by atoms with van der Waals surface area (Å²) in [7, 11) is 0. The molecule has 0 saturated carbocycles. The third-order valence-corrected chi connectivity index (χ3v) is 3.81. The highest BCUT2D eigenvalue weighted by Gasteiger charge is 2.45. The molecule has 1 saturated heterocycles. The fourth-order valence-corrected chi connectivity index (χ4v) is 3.26. The molecule has 0 amide bonds. The van der Waals surface area contributed by atoms with Gasteiger partial charge in [0.2, 0.25) is 0 Å². The van der Waals surface area contributed by atoms with Crippen molar-refractivity contribution in [3.05, 3.63) is 12.7 Å². The van der Waals surface area contributed by atoms with Crippen LogP contribution in [0.3, 0.4) is 0 Å². The Hall–Kier alpha value is -0.450. The second kappa shape index (κ2) is 5.68. The fourth-order valence-electron chi connectivity index (χ4n) is 3.13. The number of ether oxygens (including phenoxy) is 1. The lowest BCUT2D eigenvalue weighted by Gasteiger charge is -2.55. The first-order valence-corrected chi connectivity index (χ1v) is 6.88. The second-order valence-corrected chi connectivity index (χ2v) is 6.85. The van der Waals surface area contributed by atoms with Crippen molar-refractivity contribution in [2.24, 2.45) is 5.73 Å². The van der Waals surface area contributed by atoms with Gasteiger partial charge in [0.05, 0.1) is 17.7 Å². The zero-order chi connectivity index (χ0) is 14.0. The van der Waals surface area contributed by atoms with Gasteiger partial charge in [-0.3, -0.25) is 4.90 Å². The van der Waals surface area contributed by atoms with Crippen molar-refractivity contribution < 1.29 is 4.74 Å². The van der Waals surface area contributed by atoms with Crippen molar-refractivity contribution in [3.8, 4) is 0 Å². The largest absolute Gasteiger partial charge is 0.392 e. The smallest absolute Gasteiger partial charge is 0.0870 e. The van der Waals surface area contributed by atoms with Crippen LogP contribution in [0, 0.1) is 0 Å². The molecule has 2 N–H and O–H groups in total. The van der Waals surface area contributed by atoms with Crippen LogP contribution >= 0.6 is 12.2 Å². The second-order valence-electron chi connectivity index (χ2n) is 6.33. The minimum Gasteiger partial charge on any atom is -0.392 e. The van der Waals surface area contributed by atoms with Crippen LogP contribution in [-0.2, 0) is 4.74 Å². The van der Waals surface area contributed by atoms with Gasteiger partial charge >= 0.3 is 0 Å². The fraction of sp³-hybridized carbons (Fsp3) is 0.786. The summed E-state index contributed by atoms with van der Waals surface area (Å²) in [5.74, 6) is 0. The Bertz CT molecular complexity index is 308. The Morgan fingerprint density at radius 2 is 1.89 bits per heavy atom. The maximum atomic E-state index is 5.85. The van der Waals surface area contributed by atoms with E-state index in [2.05, 4.69) is 39.2 Å². The molecule has 0 spiro atoms. The lowest BCUT2D eigenvalue weighted by molar-refractivity contribution is -0.0912. The predicted molar refractivity (Wildman–Crippen MR) is 80.8 cm³/mol. The first-order chi connectivity index (χ1) is 8.19. The van der Waals surface area contributed by atoms with Crippen molar-refractivity contribution in [3.63, 3.8) is 0 Å². The van der Waals surface area contributed by atoms with E-state index in [1.165, 1.54) is 0 Å². The van der Waals surface area contributed by atoms with Gasteiger partial charge in [0.25, 0.3) is 0 Å². The first-order valence-electron chi connectivity index (χ1n) is 6.47. The predicted octanol–water partition coefficient (Wildman–Crippen LogP) is 2.50. The van der Waals surface area contributed by atoms with Crippen LogP contribution in [0.4, 0.5) is 0 Å². The van der Waals surface area contributed by atoms with E-state index >= 15 is 0 Å². The van der Waals surface area contributed by atoms with Crippen LogP contribution in [0.2, 0.25) is 0 Å². The molecule has 18 heavy (non-hydrogen) atoms. The number of thiocarbonyl (C=S) groups is 1. The van der Waals surface area contributed by atoms with Crippen LogP contribution < -0.4 is 5.73 Å². The quantitative estimate of drug-likeness (QED) is 0.615. The Morgan fingerprint density at radius 3 is 2.28 bits per heavy atom. The van der Waals surface area contributed by atoms with Crippen molar-refractivity contribution in [1.82, 2.24) is 4.90 Å². The SMILES string of the molecule is C=CCOC1CC(C)(C)N(CC(N)=S)C(C)(C)C1. The molecular formula is C14H26N2OS. The Morgan fingerprint density at radius 1 is 1.39 bits per heavy atom. The third-order valence-electron chi connectivity index (χ3n) is 3.68. The first kappa shape index (κ1) is 15.6. The van der Waals surface area contributed by atoms with Crippen LogP contribution in [0.5, 0.6) is 0 Å². The van der Waals surface area contributed by atoms with Gasteiger partial charge in [-0.25, -0.2) is 0 Å². The molecule has 0 aromatic heterocycles. The van der Waals surface area contributed by atoms with Crippen molar-refractivity contribution >= 4 is 17.2 Å². The van der Waals surface area contributed by atoms with E-state index in [9.17, 15) is 0 Å². The van der Waals surface area contributed by atoms with Gasteiger partial charge in [-0.1, -0.05) is 18.3 Å². The Balaban J connectivity index is 2.83. The van der Waals surface area contributed by atoms with Crippen LogP contribution in [0.15, 0.2) is 12.7 Å². The minimum atomic E-state index is 0.0387. The molecule has 0 radical (unpaired) electrons. The third kappa shape index (κ3) is 3.77. The highest BCUT2D eigenvalue weighted by molar-refractivity contribution is 7.80. The highest BCUT2D eigenvalue weighted by Crippen LogP contribution is 2.39. The number of likely N-dealkylation sites (tertiary alicyclic amines) is 1. The summed E-state index contributed by atoms with van der Waals surface area (Å²) < 4.78 is 5.85. The van der Waals surface area contributed by atoms with E-state index in [0.717, 1.165) is 12.8 Å². The van der Waals surface area contributed by atoms with E-state index in [1.54, 1.807) is 6.08 Å². The monoisotopic (exact) mass is 270 g/mol. The molecule has 1 aliphatic heterocycles. The molecule has 0 atom stereocenters. The van der Waals surface area contributed by atoms with Crippen molar-refractivity contribution in [2.45, 2.75) is 57.7 Å². The Kier molecular flexibility index (Phi) is 4.92. The van der Waals surface area contributed by atoms with E-state index in [0.29, 0.717) is 18.1 Å². The lowest BCUT2D eigenvalue weighted by atomic mass is 9.78. The molecule has 0 bridgehead atoms. The summed E-state index contributed by atoms with van der Waals surface area (Å²) in [5.41, 5.74) is 5.80. The van der Waals surface area contributed by atoms with E-state index in [1.807, 2.05) is 0 Å². The average Bonchev–Trinajstić information content (AvgIpc) is 2.19. The molecule has 0 aromatic carbocycles. The van der Waals surface area contributed by atoms with Gasteiger partial charge in [0, 0.05) is 17.6 Å². The van der Waals surface area contributed by atoms with Gasteiger partial charge in [-0.05, 0) is 40.5 Å². The number of nitrogens with two attached hydrogens (primary N) is 1. The average molecular weight is 270 g/mol. The summed E-state index contributed by atoms with van der Waals surface area (Å²) in [5, 5.41) is 0. The van der Waals surface area contributed by atoms with E-state index in [-0.39, 0.29) is 17.2 Å². The van der Waals surface area contributed by atoms with Crippen molar-refractivity contribution in [2.75, 3.05) is 13.2 Å². The summed E-state index contributed by atoms with van der Waals surface area (Å²) in [4.78, 5) is 2.96. The van der Waals surface area contributed by atoms with Gasteiger partial charge < -0.3 is 10.5 Å². The van der Waals surface area contributed by atoms with Gasteiger partial charge in [-0.15, -0.1) is 6.58 Å². The molecule has 1 fully saturated rings. The van der Waals surface area contributed by atoms with E-state index in [4.69, 9.17) is 22.7 Å². The topological polar surface area (TPSA) is 38.5 Å². The molecule has 4 heteroatoms. The molecule has 3 nitrogen and oxygen atoms in total. The number of hydrogen-bond donors (Lipinski definition) is 1. The van der Waals surface area contributed by atoms with Crippen LogP contribution in [-0.4, -0.2) is 40.2 Å². The molecular weight excluding hydrogens is 244 g/mol. The minimum absolute atomic E-state index is 0.0387. The number of rotatable bonds is 5. The van der Waals surface area contributed by atoms with Gasteiger partial charge in [-0.2, -0.15) is 0 Å². The Labute approximate surface area is 116 Å². The molecule has 0 unspecified atom stereocenters. The number of hydrogen-bond acceptors (Lipinski definition) is 3. The molecule has 1 heterocycles. The van der Waals surface area contributed by atoms with Gasteiger partial charge in [0.1, 0.15) is 0 Å². The summed E-state index contributed by atoms with van der Waals surface area (Å²) >= 11 is 5.07. The molecule has 0 aliphatic carbocycles. The zero-order valence-electron chi connectivity index (χ0n) is 12.0. The summed E-state index contributed by atoms with van der Waals surface area (Å²) in [6, 6.07) is 0. The number of piperidine rings is 1. The van der Waals surface area contributed by atoms with Gasteiger partial charge in [0.15, 0.2) is 0 Å². The summed E-state index contributed by atoms with van der Waals surface area (Å²) in [6.07, 6.45) is 4.07. The molecule has 1 aliphatic rings. The van der Waals surface area contributed by atoms with E-state index < -0.39 is 0 Å². The van der Waals surface area contributed by atoms with Crippen LogP contribution in [0.25, 0.3) is 0 Å². The van der Waals surface area contributed by atoms with Crippen LogP contribution in [0.1, 0.15) is 40.5 Å². The maximum absolute atomic E-state index is 5.85. The molecule has 1 rings (SSSR count). The molecule has 104 valence electrons. The lowest BCUT2D eigenvalue weighted by Crippen LogP contribution is -2.63. The normalized spacial score (nSPS) is 23.8. The number of nitrogens with zero attached hydrogens (tertiary/aromatic N) is 1. The zero-order valence-corrected chi connectivity index (χ0v) is 12.8. The highest BCUT2D eigenvalue weighted by atomic mass is 32.1. The molecule has 0 aromatic rings.